The SMILES string of the molecule is CCCCN1C(=O)C(c2ccc(OC)c(OC)c2)=C(N2CCc3ccccc32)C1=O. The van der Waals surface area contributed by atoms with Crippen LogP contribution >= 0.6 is 0 Å². The molecular weight excluding hydrogens is 380 g/mol. The van der Waals surface area contributed by atoms with Gasteiger partial charge in [0.15, 0.2) is 11.5 Å². The number of carbonyl (C=O) groups excluding carboxylic acids is 2. The molecule has 0 saturated carbocycles. The fraction of sp³-hybridized carbons (Fsp3) is 0.333. The third kappa shape index (κ3) is 3.22. The van der Waals surface area contributed by atoms with Gasteiger partial charge in [-0.1, -0.05) is 37.6 Å². The van der Waals surface area contributed by atoms with E-state index in [9.17, 15) is 9.59 Å². The maximum atomic E-state index is 13.4. The predicted molar refractivity (Wildman–Crippen MR) is 116 cm³/mol. The van der Waals surface area contributed by atoms with Gasteiger partial charge in [-0.05, 0) is 42.2 Å². The number of carbonyl (C=O) groups is 2. The molecule has 156 valence electrons. The number of anilines is 1. The lowest BCUT2D eigenvalue weighted by Gasteiger charge is -2.21. The Hall–Kier alpha value is -3.28. The second-order valence-corrected chi connectivity index (χ2v) is 7.44. The van der Waals surface area contributed by atoms with E-state index in [0.29, 0.717) is 41.4 Å². The van der Waals surface area contributed by atoms with Crippen molar-refractivity contribution in [2.75, 3.05) is 32.2 Å². The molecule has 2 aromatic rings. The van der Waals surface area contributed by atoms with E-state index in [1.165, 1.54) is 10.5 Å². The maximum Gasteiger partial charge on any atom is 0.278 e. The van der Waals surface area contributed by atoms with Crippen LogP contribution in [0.25, 0.3) is 5.57 Å². The molecule has 0 aliphatic carbocycles. The molecule has 0 fully saturated rings. The molecule has 6 heteroatoms. The Kier molecular flexibility index (Phi) is 5.48. The average Bonchev–Trinajstić information content (AvgIpc) is 3.30. The summed E-state index contributed by atoms with van der Waals surface area (Å²) in [5, 5.41) is 0. The zero-order valence-corrected chi connectivity index (χ0v) is 17.6. The van der Waals surface area contributed by atoms with Gasteiger partial charge >= 0.3 is 0 Å². The standard InChI is InChI=1S/C24H26N2O4/c1-4-5-13-26-23(27)21(17-10-11-19(29-2)20(15-17)30-3)22(24(26)28)25-14-12-16-8-6-7-9-18(16)25/h6-11,15H,4-5,12-14H2,1-3H3. The van der Waals surface area contributed by atoms with Crippen molar-refractivity contribution >= 4 is 23.1 Å². The molecule has 0 aromatic heterocycles. The Morgan fingerprint density at radius 1 is 0.967 bits per heavy atom. The Morgan fingerprint density at radius 3 is 2.47 bits per heavy atom. The van der Waals surface area contributed by atoms with Gasteiger partial charge in [-0.25, -0.2) is 0 Å². The highest BCUT2D eigenvalue weighted by Crippen LogP contribution is 2.40. The van der Waals surface area contributed by atoms with Crippen LogP contribution in [0.4, 0.5) is 5.69 Å². The first kappa shape index (κ1) is 20.0. The summed E-state index contributed by atoms with van der Waals surface area (Å²) in [6, 6.07) is 13.4. The number of nitrogens with zero attached hydrogens (tertiary/aromatic N) is 2. The summed E-state index contributed by atoms with van der Waals surface area (Å²) in [5.41, 5.74) is 3.71. The van der Waals surface area contributed by atoms with Crippen LogP contribution in [-0.2, 0) is 16.0 Å². The van der Waals surface area contributed by atoms with Gasteiger partial charge in [0.05, 0.1) is 19.8 Å². The van der Waals surface area contributed by atoms with E-state index in [0.717, 1.165) is 24.9 Å². The van der Waals surface area contributed by atoms with E-state index in [-0.39, 0.29) is 11.8 Å². The van der Waals surface area contributed by atoms with Crippen molar-refractivity contribution in [3.8, 4) is 11.5 Å². The van der Waals surface area contributed by atoms with Crippen molar-refractivity contribution in [1.82, 2.24) is 4.90 Å². The molecule has 0 saturated heterocycles. The van der Waals surface area contributed by atoms with Gasteiger partial charge in [0.1, 0.15) is 5.70 Å². The quantitative estimate of drug-likeness (QED) is 0.657. The molecule has 2 aliphatic heterocycles. The lowest BCUT2D eigenvalue weighted by Crippen LogP contribution is -2.35. The van der Waals surface area contributed by atoms with Gasteiger partial charge in [-0.15, -0.1) is 0 Å². The van der Waals surface area contributed by atoms with Crippen LogP contribution < -0.4 is 14.4 Å². The van der Waals surface area contributed by atoms with Crippen LogP contribution in [0.3, 0.4) is 0 Å². The first-order valence-corrected chi connectivity index (χ1v) is 10.3. The summed E-state index contributed by atoms with van der Waals surface area (Å²) >= 11 is 0. The number of hydrogen-bond acceptors (Lipinski definition) is 5. The minimum atomic E-state index is -0.250. The number of para-hydroxylation sites is 1. The fourth-order valence-electron chi connectivity index (χ4n) is 4.16. The van der Waals surface area contributed by atoms with E-state index in [1.807, 2.05) is 36.1 Å². The lowest BCUT2D eigenvalue weighted by molar-refractivity contribution is -0.136. The van der Waals surface area contributed by atoms with Gasteiger partial charge in [0.2, 0.25) is 0 Å². The van der Waals surface area contributed by atoms with Gasteiger partial charge in [-0.2, -0.15) is 0 Å². The highest BCUT2D eigenvalue weighted by atomic mass is 16.5. The smallest absolute Gasteiger partial charge is 0.278 e. The van der Waals surface area contributed by atoms with Gasteiger partial charge < -0.3 is 14.4 Å². The molecular formula is C24H26N2O4. The van der Waals surface area contributed by atoms with Crippen LogP contribution in [0, 0.1) is 0 Å². The van der Waals surface area contributed by atoms with Crippen molar-refractivity contribution in [2.24, 2.45) is 0 Å². The summed E-state index contributed by atoms with van der Waals surface area (Å²) < 4.78 is 10.8. The van der Waals surface area contributed by atoms with Gasteiger partial charge in [-0.3, -0.25) is 14.5 Å². The number of unbranched alkanes of at least 4 members (excludes halogenated alkanes) is 1. The zero-order valence-electron chi connectivity index (χ0n) is 17.6. The van der Waals surface area contributed by atoms with E-state index in [1.54, 1.807) is 26.4 Å². The number of ether oxygens (including phenoxy) is 2. The number of benzene rings is 2. The van der Waals surface area contributed by atoms with Crippen molar-refractivity contribution in [2.45, 2.75) is 26.2 Å². The predicted octanol–water partition coefficient (Wildman–Crippen LogP) is 3.65. The molecule has 2 heterocycles. The Balaban J connectivity index is 1.86. The third-order valence-corrected chi connectivity index (χ3v) is 5.71. The largest absolute Gasteiger partial charge is 0.493 e. The molecule has 4 rings (SSSR count). The number of fused-ring (bicyclic) bond motifs is 1. The van der Waals surface area contributed by atoms with E-state index in [2.05, 4.69) is 6.07 Å². The van der Waals surface area contributed by atoms with Crippen molar-refractivity contribution in [3.05, 3.63) is 59.3 Å². The number of rotatable bonds is 7. The lowest BCUT2D eigenvalue weighted by atomic mass is 10.0. The minimum Gasteiger partial charge on any atom is -0.493 e. The zero-order chi connectivity index (χ0) is 21.3. The summed E-state index contributed by atoms with van der Waals surface area (Å²) in [7, 11) is 3.13. The average molecular weight is 406 g/mol. The van der Waals surface area contributed by atoms with Crippen LogP contribution in [0.1, 0.15) is 30.9 Å². The molecule has 6 nitrogen and oxygen atoms in total. The molecule has 0 atom stereocenters. The Morgan fingerprint density at radius 2 is 1.73 bits per heavy atom. The molecule has 0 radical (unpaired) electrons. The normalized spacial score (nSPS) is 15.8. The first-order valence-electron chi connectivity index (χ1n) is 10.3. The fourth-order valence-corrected chi connectivity index (χ4v) is 4.16. The highest BCUT2D eigenvalue weighted by Gasteiger charge is 2.43. The van der Waals surface area contributed by atoms with Crippen molar-refractivity contribution < 1.29 is 19.1 Å². The Bertz CT molecular complexity index is 1030. The second kappa shape index (κ2) is 8.22. The first-order chi connectivity index (χ1) is 14.6. The van der Waals surface area contributed by atoms with Crippen molar-refractivity contribution in [1.29, 1.82) is 0 Å². The number of hydrogen-bond donors (Lipinski definition) is 0. The molecule has 2 aromatic carbocycles. The number of methoxy groups -OCH3 is 2. The molecule has 0 bridgehead atoms. The molecule has 0 N–H and O–H groups in total. The van der Waals surface area contributed by atoms with Crippen LogP contribution in [-0.4, -0.2) is 44.0 Å². The van der Waals surface area contributed by atoms with E-state index < -0.39 is 0 Å². The summed E-state index contributed by atoms with van der Waals surface area (Å²) in [4.78, 5) is 30.2. The van der Waals surface area contributed by atoms with E-state index >= 15 is 0 Å². The van der Waals surface area contributed by atoms with Crippen LogP contribution in [0.5, 0.6) is 11.5 Å². The van der Waals surface area contributed by atoms with Crippen LogP contribution in [0.15, 0.2) is 48.2 Å². The Labute approximate surface area is 176 Å². The minimum absolute atomic E-state index is 0.227. The van der Waals surface area contributed by atoms with Gasteiger partial charge in [0.25, 0.3) is 11.8 Å². The second-order valence-electron chi connectivity index (χ2n) is 7.44. The summed E-state index contributed by atoms with van der Waals surface area (Å²) in [6.45, 7) is 3.14. The highest BCUT2D eigenvalue weighted by molar-refractivity contribution is 6.36. The number of imide groups is 1. The van der Waals surface area contributed by atoms with Crippen LogP contribution in [0.2, 0.25) is 0 Å². The van der Waals surface area contributed by atoms with Gasteiger partial charge in [0, 0.05) is 18.8 Å². The summed E-state index contributed by atoms with van der Waals surface area (Å²) in [6.07, 6.45) is 2.53. The summed E-state index contributed by atoms with van der Waals surface area (Å²) in [5.74, 6) is 0.625. The monoisotopic (exact) mass is 406 g/mol. The molecule has 30 heavy (non-hydrogen) atoms. The molecule has 2 amide bonds. The molecule has 0 spiro atoms. The number of amides is 2. The molecule has 0 unspecified atom stereocenters. The van der Waals surface area contributed by atoms with Crippen molar-refractivity contribution in [3.63, 3.8) is 0 Å². The molecule has 2 aliphatic rings. The third-order valence-electron chi connectivity index (χ3n) is 5.71. The van der Waals surface area contributed by atoms with E-state index in [4.69, 9.17) is 9.47 Å². The topological polar surface area (TPSA) is 59.1 Å². The maximum absolute atomic E-state index is 13.4.